The Morgan fingerprint density at radius 1 is 1.00 bits per heavy atom. The first-order valence-corrected chi connectivity index (χ1v) is 10.4. The van der Waals surface area contributed by atoms with Crippen molar-refractivity contribution in [3.8, 4) is 0 Å². The van der Waals surface area contributed by atoms with Crippen LogP contribution in [0.4, 0.5) is 4.79 Å². The molecular formula is C19H38Cl3N5O3. The summed E-state index contributed by atoms with van der Waals surface area (Å²) in [7, 11) is 1.42. The lowest BCUT2D eigenvalue weighted by Gasteiger charge is -2.41. The van der Waals surface area contributed by atoms with Crippen molar-refractivity contribution in [3.63, 3.8) is 0 Å². The van der Waals surface area contributed by atoms with Crippen LogP contribution in [0, 0.1) is 0 Å². The fourth-order valence-corrected chi connectivity index (χ4v) is 4.52. The van der Waals surface area contributed by atoms with Crippen LogP contribution in [0.25, 0.3) is 0 Å². The van der Waals surface area contributed by atoms with Crippen LogP contribution in [0.15, 0.2) is 0 Å². The largest absolute Gasteiger partial charge is 0.468 e. The van der Waals surface area contributed by atoms with Crippen molar-refractivity contribution in [1.82, 2.24) is 25.3 Å². The van der Waals surface area contributed by atoms with E-state index in [1.807, 2.05) is 11.8 Å². The molecule has 8 nitrogen and oxygen atoms in total. The predicted molar refractivity (Wildman–Crippen MR) is 125 cm³/mol. The third-order valence-corrected chi connectivity index (χ3v) is 6.30. The molecular weight excluding hydrogens is 453 g/mol. The van der Waals surface area contributed by atoms with E-state index in [1.54, 1.807) is 0 Å². The smallest absolute Gasteiger partial charge is 0.322 e. The van der Waals surface area contributed by atoms with Crippen LogP contribution in [0.5, 0.6) is 0 Å². The number of carbonyl (C=O) groups excluding carboxylic acids is 2. The maximum Gasteiger partial charge on any atom is 0.322 e. The first-order valence-electron chi connectivity index (χ1n) is 10.4. The van der Waals surface area contributed by atoms with Gasteiger partial charge in [0, 0.05) is 44.8 Å². The Labute approximate surface area is 199 Å². The Hall–Kier alpha value is -0.510. The van der Waals surface area contributed by atoms with Crippen LogP contribution in [-0.2, 0) is 9.53 Å². The molecule has 3 saturated heterocycles. The molecule has 3 fully saturated rings. The Morgan fingerprint density at radius 2 is 1.63 bits per heavy atom. The minimum atomic E-state index is -0.261. The zero-order chi connectivity index (χ0) is 19.2. The summed E-state index contributed by atoms with van der Waals surface area (Å²) in [5, 5.41) is 6.60. The summed E-state index contributed by atoms with van der Waals surface area (Å²) < 4.78 is 4.85. The van der Waals surface area contributed by atoms with Gasteiger partial charge in [0.1, 0.15) is 6.04 Å². The van der Waals surface area contributed by atoms with Crippen LogP contribution in [0.2, 0.25) is 0 Å². The third kappa shape index (κ3) is 7.88. The maximum absolute atomic E-state index is 12.7. The Kier molecular flexibility index (Phi) is 14.3. The molecule has 0 aromatic rings. The molecule has 30 heavy (non-hydrogen) atoms. The molecule has 0 aliphatic carbocycles. The van der Waals surface area contributed by atoms with E-state index in [0.29, 0.717) is 12.6 Å². The Morgan fingerprint density at radius 3 is 2.23 bits per heavy atom. The quantitative estimate of drug-likeness (QED) is 0.580. The van der Waals surface area contributed by atoms with E-state index in [9.17, 15) is 9.59 Å². The normalized spacial score (nSPS) is 24.5. The molecule has 0 saturated carbocycles. The van der Waals surface area contributed by atoms with Crippen LogP contribution in [0.3, 0.4) is 0 Å². The van der Waals surface area contributed by atoms with Crippen molar-refractivity contribution >= 4 is 49.2 Å². The number of amides is 2. The van der Waals surface area contributed by atoms with Crippen LogP contribution >= 0.6 is 37.2 Å². The molecule has 0 aromatic carbocycles. The summed E-state index contributed by atoms with van der Waals surface area (Å²) in [5.74, 6) is -0.212. The van der Waals surface area contributed by atoms with Gasteiger partial charge in [0.25, 0.3) is 0 Å². The van der Waals surface area contributed by atoms with E-state index in [2.05, 4.69) is 20.4 Å². The number of piperazine rings is 1. The molecule has 3 heterocycles. The predicted octanol–water partition coefficient (Wildman–Crippen LogP) is 1.36. The van der Waals surface area contributed by atoms with Gasteiger partial charge in [-0.1, -0.05) is 0 Å². The second kappa shape index (κ2) is 14.5. The first-order chi connectivity index (χ1) is 13.1. The van der Waals surface area contributed by atoms with Gasteiger partial charge in [-0.05, 0) is 52.2 Å². The highest BCUT2D eigenvalue weighted by Crippen LogP contribution is 2.16. The van der Waals surface area contributed by atoms with E-state index in [-0.39, 0.29) is 61.3 Å². The third-order valence-electron chi connectivity index (χ3n) is 6.30. The highest BCUT2D eigenvalue weighted by atomic mass is 35.5. The number of likely N-dealkylation sites (tertiary alicyclic amines) is 1. The van der Waals surface area contributed by atoms with Crippen molar-refractivity contribution in [3.05, 3.63) is 0 Å². The molecule has 2 unspecified atom stereocenters. The molecule has 11 heteroatoms. The fraction of sp³-hybridized carbons (Fsp3) is 0.895. The molecule has 0 bridgehead atoms. The molecule has 0 spiro atoms. The summed E-state index contributed by atoms with van der Waals surface area (Å²) in [6.07, 6.45) is 4.37. The van der Waals surface area contributed by atoms with E-state index >= 15 is 0 Å². The fourth-order valence-electron chi connectivity index (χ4n) is 4.52. The number of nitrogens with zero attached hydrogens (tertiary/aromatic N) is 3. The molecule has 3 aliphatic heterocycles. The topological polar surface area (TPSA) is 77.2 Å². The lowest BCUT2D eigenvalue weighted by Crippen LogP contribution is -2.58. The van der Waals surface area contributed by atoms with Crippen molar-refractivity contribution in [2.75, 3.05) is 59.5 Å². The molecule has 3 aliphatic rings. The first kappa shape index (κ1) is 29.5. The van der Waals surface area contributed by atoms with E-state index in [1.165, 1.54) is 20.0 Å². The summed E-state index contributed by atoms with van der Waals surface area (Å²) >= 11 is 0. The van der Waals surface area contributed by atoms with Gasteiger partial charge in [0.15, 0.2) is 0 Å². The van der Waals surface area contributed by atoms with Gasteiger partial charge >= 0.3 is 12.0 Å². The highest BCUT2D eigenvalue weighted by Gasteiger charge is 2.31. The Balaban J connectivity index is 0.00000280. The van der Waals surface area contributed by atoms with Gasteiger partial charge in [0.05, 0.1) is 7.11 Å². The molecule has 178 valence electrons. The second-order valence-corrected chi connectivity index (χ2v) is 7.99. The molecule has 0 radical (unpaired) electrons. The monoisotopic (exact) mass is 489 g/mol. The maximum atomic E-state index is 12.7. The summed E-state index contributed by atoms with van der Waals surface area (Å²) in [6.45, 7) is 9.18. The number of hydrogen-bond acceptors (Lipinski definition) is 6. The lowest BCUT2D eigenvalue weighted by molar-refractivity contribution is -0.146. The second-order valence-electron chi connectivity index (χ2n) is 7.99. The summed E-state index contributed by atoms with van der Waals surface area (Å²) in [6, 6.07) is 0.546. The van der Waals surface area contributed by atoms with Crippen LogP contribution < -0.4 is 10.6 Å². The number of halogens is 3. The number of piperidine rings is 2. The van der Waals surface area contributed by atoms with Gasteiger partial charge < -0.3 is 20.3 Å². The molecule has 2 amide bonds. The number of esters is 1. The number of methoxy groups -OCH3 is 1. The van der Waals surface area contributed by atoms with Gasteiger partial charge in [0.2, 0.25) is 0 Å². The number of rotatable bonds is 4. The Bertz CT molecular complexity index is 518. The van der Waals surface area contributed by atoms with Crippen molar-refractivity contribution in [2.45, 2.75) is 50.7 Å². The zero-order valence-corrected chi connectivity index (χ0v) is 20.5. The van der Waals surface area contributed by atoms with Crippen LogP contribution in [-0.4, -0.2) is 104 Å². The number of carbonyl (C=O) groups is 2. The lowest BCUT2D eigenvalue weighted by atomic mass is 10.0. The standard InChI is InChI=1S/C19H35N5O3.3ClH/c1-15(18(25)27-2)24-9-3-4-16(14-24)21-19(26)23-12-10-22(11-13-23)17-5-7-20-8-6-17;;;/h15-17,20H,3-14H2,1-2H3,(H,21,26);3*1H. The molecule has 2 N–H and O–H groups in total. The van der Waals surface area contributed by atoms with E-state index < -0.39 is 0 Å². The van der Waals surface area contributed by atoms with Gasteiger partial charge in [-0.2, -0.15) is 0 Å². The number of nitrogens with one attached hydrogen (secondary N) is 2. The summed E-state index contributed by atoms with van der Waals surface area (Å²) in [4.78, 5) is 31.1. The van der Waals surface area contributed by atoms with Crippen LogP contribution in [0.1, 0.15) is 32.6 Å². The van der Waals surface area contributed by atoms with Gasteiger partial charge in [-0.15, -0.1) is 37.2 Å². The number of urea groups is 1. The average molecular weight is 491 g/mol. The molecule has 3 rings (SSSR count). The van der Waals surface area contributed by atoms with Crippen molar-refractivity contribution < 1.29 is 14.3 Å². The van der Waals surface area contributed by atoms with Crippen molar-refractivity contribution in [2.24, 2.45) is 0 Å². The number of hydrogen-bond donors (Lipinski definition) is 2. The minimum absolute atomic E-state index is 0. The van der Waals surface area contributed by atoms with Crippen molar-refractivity contribution in [1.29, 1.82) is 0 Å². The average Bonchev–Trinajstić information content (AvgIpc) is 2.73. The van der Waals surface area contributed by atoms with E-state index in [4.69, 9.17) is 4.74 Å². The number of ether oxygens (including phenoxy) is 1. The molecule has 0 aromatic heterocycles. The molecule has 2 atom stereocenters. The highest BCUT2D eigenvalue weighted by molar-refractivity contribution is 5.86. The minimum Gasteiger partial charge on any atom is -0.468 e. The SMILES string of the molecule is COC(=O)C(C)N1CCCC(NC(=O)N2CCN(C3CCNCC3)CC2)C1.Cl.Cl.Cl. The van der Waals surface area contributed by atoms with E-state index in [0.717, 1.165) is 58.7 Å². The van der Waals surface area contributed by atoms with Gasteiger partial charge in [-0.25, -0.2) is 4.79 Å². The summed E-state index contributed by atoms with van der Waals surface area (Å²) in [5.41, 5.74) is 0. The zero-order valence-electron chi connectivity index (χ0n) is 18.0. The van der Waals surface area contributed by atoms with Gasteiger partial charge in [-0.3, -0.25) is 14.6 Å².